The molecule has 0 saturated carbocycles. The number of nitrogens with zero attached hydrogens (tertiary/aromatic N) is 3. The van der Waals surface area contributed by atoms with Crippen LogP contribution in [0.2, 0.25) is 0 Å². The van der Waals surface area contributed by atoms with E-state index in [9.17, 15) is 0 Å². The summed E-state index contributed by atoms with van der Waals surface area (Å²) in [7, 11) is 4.09. The number of benzene rings is 1. The molecule has 5 heteroatoms. The van der Waals surface area contributed by atoms with E-state index in [1.165, 1.54) is 15.3 Å². The van der Waals surface area contributed by atoms with Crippen molar-refractivity contribution in [2.75, 3.05) is 19.0 Å². The highest BCUT2D eigenvalue weighted by atomic mass is 32.2. The molecule has 0 unspecified atom stereocenters. The predicted octanol–water partition coefficient (Wildman–Crippen LogP) is 4.85. The van der Waals surface area contributed by atoms with E-state index < -0.39 is 0 Å². The molecule has 2 aromatic heterocycles. The molecule has 0 radical (unpaired) electrons. The molecule has 0 aliphatic heterocycles. The zero-order chi connectivity index (χ0) is 15.5. The first kappa shape index (κ1) is 14.9. The first-order valence-corrected chi connectivity index (χ1v) is 8.61. The summed E-state index contributed by atoms with van der Waals surface area (Å²) in [5, 5.41) is 2.08. The second-order valence-electron chi connectivity index (χ2n) is 5.10. The van der Waals surface area contributed by atoms with Crippen LogP contribution in [0, 0.1) is 6.92 Å². The van der Waals surface area contributed by atoms with Gasteiger partial charge in [-0.15, -0.1) is 22.7 Å². The van der Waals surface area contributed by atoms with Crippen LogP contribution in [0.5, 0.6) is 0 Å². The van der Waals surface area contributed by atoms with Crippen molar-refractivity contribution in [2.24, 2.45) is 0 Å². The Morgan fingerprint density at radius 2 is 1.68 bits per heavy atom. The highest BCUT2D eigenvalue weighted by Crippen LogP contribution is 2.28. The van der Waals surface area contributed by atoms with Crippen LogP contribution in [-0.4, -0.2) is 24.1 Å². The van der Waals surface area contributed by atoms with E-state index in [1.807, 2.05) is 39.2 Å². The van der Waals surface area contributed by atoms with Crippen LogP contribution in [-0.2, 0) is 0 Å². The molecule has 0 fully saturated rings. The summed E-state index contributed by atoms with van der Waals surface area (Å²) in [6.07, 6.45) is 8.18. The summed E-state index contributed by atoms with van der Waals surface area (Å²) in [5.41, 5.74) is 3.27. The molecule has 0 bridgehead atoms. The van der Waals surface area contributed by atoms with Crippen LogP contribution in [0.4, 0.5) is 5.69 Å². The maximum atomic E-state index is 4.50. The zero-order valence-corrected chi connectivity index (χ0v) is 14.4. The molecule has 112 valence electrons. The van der Waals surface area contributed by atoms with Gasteiger partial charge in [0.25, 0.3) is 0 Å². The van der Waals surface area contributed by atoms with E-state index in [0.717, 1.165) is 15.7 Å². The average molecular weight is 327 g/mol. The van der Waals surface area contributed by atoms with Gasteiger partial charge in [-0.05, 0) is 30.7 Å². The van der Waals surface area contributed by atoms with E-state index in [4.69, 9.17) is 0 Å². The van der Waals surface area contributed by atoms with Gasteiger partial charge in [-0.25, -0.2) is 9.97 Å². The van der Waals surface area contributed by atoms with E-state index in [0.29, 0.717) is 0 Å². The number of allylic oxidation sites excluding steroid dienone is 2. The first-order chi connectivity index (χ1) is 10.6. The number of hydrogen-bond acceptors (Lipinski definition) is 5. The third-order valence-electron chi connectivity index (χ3n) is 3.15. The zero-order valence-electron chi connectivity index (χ0n) is 12.8. The molecule has 0 N–H and O–H groups in total. The molecule has 3 aromatic rings. The van der Waals surface area contributed by atoms with Gasteiger partial charge >= 0.3 is 0 Å². The van der Waals surface area contributed by atoms with Crippen molar-refractivity contribution < 1.29 is 0 Å². The second-order valence-corrected chi connectivity index (χ2v) is 7.59. The number of aryl methyl sites for hydroxylation is 1. The standard InChI is InChI=1S/C17H17N3S2/c1-12-18-16-17(21-12)22-15(19-16)7-5-4-6-13-8-10-14(11-9-13)20(2)3/h4-11H,1-3H3/b6-4+,7-5+. The lowest BCUT2D eigenvalue weighted by molar-refractivity contribution is 1.13. The van der Waals surface area contributed by atoms with Crippen molar-refractivity contribution in [3.05, 3.63) is 52.0 Å². The van der Waals surface area contributed by atoms with E-state index >= 15 is 0 Å². The van der Waals surface area contributed by atoms with Gasteiger partial charge in [-0.1, -0.05) is 30.4 Å². The molecule has 0 amide bonds. The molecule has 2 heterocycles. The SMILES string of the molecule is Cc1nc2nc(/C=C/C=C/c3ccc(N(C)C)cc3)sc2s1. The average Bonchev–Trinajstić information content (AvgIpc) is 3.01. The van der Waals surface area contributed by atoms with E-state index in [-0.39, 0.29) is 0 Å². The van der Waals surface area contributed by atoms with Gasteiger partial charge in [0, 0.05) is 19.8 Å². The van der Waals surface area contributed by atoms with Crippen molar-refractivity contribution in [1.29, 1.82) is 0 Å². The van der Waals surface area contributed by atoms with Gasteiger partial charge in [0.1, 0.15) is 9.02 Å². The first-order valence-electron chi connectivity index (χ1n) is 6.98. The highest BCUT2D eigenvalue weighted by Gasteiger charge is 2.05. The monoisotopic (exact) mass is 327 g/mol. The van der Waals surface area contributed by atoms with Gasteiger partial charge in [0.2, 0.25) is 0 Å². The molecule has 0 saturated heterocycles. The lowest BCUT2D eigenvalue weighted by atomic mass is 10.2. The Morgan fingerprint density at radius 3 is 2.36 bits per heavy atom. The quantitative estimate of drug-likeness (QED) is 0.641. The van der Waals surface area contributed by atoms with Crippen LogP contribution < -0.4 is 4.90 Å². The minimum absolute atomic E-state index is 0.871. The molecular weight excluding hydrogens is 310 g/mol. The number of anilines is 1. The van der Waals surface area contributed by atoms with Gasteiger partial charge < -0.3 is 4.90 Å². The molecule has 0 atom stereocenters. The van der Waals surface area contributed by atoms with Gasteiger partial charge in [0.15, 0.2) is 5.65 Å². The Hall–Kier alpha value is -1.98. The molecule has 0 aliphatic rings. The maximum Gasteiger partial charge on any atom is 0.182 e. The number of fused-ring (bicyclic) bond motifs is 1. The summed E-state index contributed by atoms with van der Waals surface area (Å²) in [6, 6.07) is 8.47. The molecule has 0 aliphatic carbocycles. The van der Waals surface area contributed by atoms with Crippen LogP contribution in [0.15, 0.2) is 36.4 Å². The summed E-state index contributed by atoms with van der Waals surface area (Å²) in [4.78, 5) is 11.0. The molecule has 22 heavy (non-hydrogen) atoms. The van der Waals surface area contributed by atoms with Crippen molar-refractivity contribution in [2.45, 2.75) is 6.92 Å². The number of rotatable bonds is 4. The van der Waals surface area contributed by atoms with Gasteiger partial charge in [-0.3, -0.25) is 0 Å². The third kappa shape index (κ3) is 3.43. The van der Waals surface area contributed by atoms with E-state index in [2.05, 4.69) is 45.2 Å². The Balaban J connectivity index is 1.66. The van der Waals surface area contributed by atoms with Gasteiger partial charge in [-0.2, -0.15) is 0 Å². The molecule has 3 rings (SSSR count). The third-order valence-corrected chi connectivity index (χ3v) is 5.21. The summed E-state index contributed by atoms with van der Waals surface area (Å²) < 4.78 is 1.19. The maximum absolute atomic E-state index is 4.50. The lowest BCUT2D eigenvalue weighted by Crippen LogP contribution is -2.07. The van der Waals surface area contributed by atoms with Crippen LogP contribution in [0.3, 0.4) is 0 Å². The van der Waals surface area contributed by atoms with Gasteiger partial charge in [0.05, 0.1) is 5.01 Å². The number of hydrogen-bond donors (Lipinski definition) is 0. The fourth-order valence-corrected chi connectivity index (χ4v) is 4.03. The van der Waals surface area contributed by atoms with Crippen molar-refractivity contribution in [3.8, 4) is 0 Å². The van der Waals surface area contributed by atoms with Crippen LogP contribution >= 0.6 is 22.7 Å². The Kier molecular flexibility index (Phi) is 4.36. The summed E-state index contributed by atoms with van der Waals surface area (Å²) in [6.45, 7) is 2.01. The number of aromatic nitrogens is 2. The highest BCUT2D eigenvalue weighted by molar-refractivity contribution is 7.38. The largest absolute Gasteiger partial charge is 0.378 e. The Morgan fingerprint density at radius 1 is 0.955 bits per heavy atom. The van der Waals surface area contributed by atoms with Crippen molar-refractivity contribution >= 4 is 50.2 Å². The molecule has 1 aromatic carbocycles. The fraction of sp³-hybridized carbons (Fsp3) is 0.176. The molecule has 0 spiro atoms. The minimum atomic E-state index is 0.871. The smallest absolute Gasteiger partial charge is 0.182 e. The summed E-state index contributed by atoms with van der Waals surface area (Å²) >= 11 is 3.39. The number of thiazole rings is 2. The molecule has 3 nitrogen and oxygen atoms in total. The van der Waals surface area contributed by atoms with Crippen molar-refractivity contribution in [1.82, 2.24) is 9.97 Å². The normalized spacial score (nSPS) is 12.0. The van der Waals surface area contributed by atoms with Crippen molar-refractivity contribution in [3.63, 3.8) is 0 Å². The van der Waals surface area contributed by atoms with Crippen LogP contribution in [0.1, 0.15) is 15.6 Å². The van der Waals surface area contributed by atoms with E-state index in [1.54, 1.807) is 22.7 Å². The minimum Gasteiger partial charge on any atom is -0.378 e. The molecular formula is C17H17N3S2. The fourth-order valence-electron chi connectivity index (χ4n) is 2.02. The van der Waals surface area contributed by atoms with Crippen LogP contribution in [0.25, 0.3) is 21.8 Å². The lowest BCUT2D eigenvalue weighted by Gasteiger charge is -2.11. The Labute approximate surface area is 138 Å². The Bertz CT molecular complexity index is 792. The summed E-state index contributed by atoms with van der Waals surface area (Å²) in [5.74, 6) is 0. The second kappa shape index (κ2) is 6.42. The predicted molar refractivity (Wildman–Crippen MR) is 98.9 cm³/mol. The topological polar surface area (TPSA) is 29.0 Å².